The van der Waals surface area contributed by atoms with Crippen molar-refractivity contribution in [3.63, 3.8) is 0 Å². The molecular weight excluding hydrogens is 382 g/mol. The second kappa shape index (κ2) is 7.46. The molecule has 7 nitrogen and oxygen atoms in total. The van der Waals surface area contributed by atoms with Crippen LogP contribution in [0.5, 0.6) is 0 Å². The predicted molar refractivity (Wildman–Crippen MR) is 100 cm³/mol. The third kappa shape index (κ3) is 3.64. The molecule has 0 spiro atoms. The molecule has 2 fully saturated rings. The Hall–Kier alpha value is -2.39. The number of nitrogens with one attached hydrogen (secondary N) is 2. The van der Waals surface area contributed by atoms with Crippen molar-refractivity contribution in [2.24, 2.45) is 0 Å². The van der Waals surface area contributed by atoms with Crippen LogP contribution in [-0.4, -0.2) is 65.7 Å². The average molecular weight is 406 g/mol. The lowest BCUT2D eigenvalue weighted by Crippen LogP contribution is -2.56. The molecule has 156 valence electrons. The molecule has 3 aliphatic heterocycles. The number of alkyl halides is 2. The lowest BCUT2D eigenvalue weighted by molar-refractivity contribution is -0.136. The SMILES string of the molecule is CN(Cc1cccc2c1C(=O)N(C1CCC(=O)NC1=O)C2)C1CNCCC1(F)F. The summed E-state index contributed by atoms with van der Waals surface area (Å²) >= 11 is 0. The van der Waals surface area contributed by atoms with E-state index in [2.05, 4.69) is 10.6 Å². The van der Waals surface area contributed by atoms with Crippen LogP contribution in [0.4, 0.5) is 8.78 Å². The molecule has 1 aromatic rings. The summed E-state index contributed by atoms with van der Waals surface area (Å²) in [5.41, 5.74) is 1.93. The van der Waals surface area contributed by atoms with Gasteiger partial charge in [-0.2, -0.15) is 0 Å². The first-order chi connectivity index (χ1) is 13.8. The minimum atomic E-state index is -2.79. The fourth-order valence-corrected chi connectivity index (χ4v) is 4.49. The summed E-state index contributed by atoms with van der Waals surface area (Å²) in [5, 5.41) is 5.29. The number of hydrogen-bond donors (Lipinski definition) is 2. The van der Waals surface area contributed by atoms with Crippen LogP contribution in [0.2, 0.25) is 0 Å². The van der Waals surface area contributed by atoms with E-state index in [9.17, 15) is 23.2 Å². The van der Waals surface area contributed by atoms with Gasteiger partial charge >= 0.3 is 0 Å². The fourth-order valence-electron chi connectivity index (χ4n) is 4.49. The van der Waals surface area contributed by atoms with Gasteiger partial charge < -0.3 is 10.2 Å². The molecule has 3 heterocycles. The third-order valence-electron chi connectivity index (χ3n) is 6.05. The minimum absolute atomic E-state index is 0.189. The standard InChI is InChI=1S/C20H24F2N4O3/c1-25(15-9-23-8-7-20(15,21)22)10-12-3-2-4-13-11-26(19(29)17(12)13)14-5-6-16(27)24-18(14)28/h2-4,14-15,23H,5-11H2,1H3,(H,24,27,28). The number of likely N-dealkylation sites (N-methyl/N-ethyl adjacent to an activating group) is 1. The maximum atomic E-state index is 14.3. The molecular formula is C20H24F2N4O3. The molecule has 0 aromatic heterocycles. The van der Waals surface area contributed by atoms with Crippen molar-refractivity contribution in [2.45, 2.75) is 50.4 Å². The molecule has 3 amide bonds. The van der Waals surface area contributed by atoms with Crippen molar-refractivity contribution in [3.05, 3.63) is 34.9 Å². The predicted octanol–water partition coefficient (Wildman–Crippen LogP) is 0.877. The molecule has 1 aromatic carbocycles. The normalized spacial score (nSPS) is 26.6. The van der Waals surface area contributed by atoms with E-state index in [-0.39, 0.29) is 50.8 Å². The Balaban J connectivity index is 1.55. The first-order valence-corrected chi connectivity index (χ1v) is 9.82. The van der Waals surface area contributed by atoms with Gasteiger partial charge in [0.1, 0.15) is 6.04 Å². The number of carbonyl (C=O) groups excluding carboxylic acids is 3. The minimum Gasteiger partial charge on any atom is -0.322 e. The number of benzene rings is 1. The van der Waals surface area contributed by atoms with Crippen molar-refractivity contribution in [1.82, 2.24) is 20.4 Å². The lowest BCUT2D eigenvalue weighted by Gasteiger charge is -2.38. The summed E-state index contributed by atoms with van der Waals surface area (Å²) in [6.07, 6.45) is 0.270. The van der Waals surface area contributed by atoms with Crippen molar-refractivity contribution in [3.8, 4) is 0 Å². The van der Waals surface area contributed by atoms with E-state index in [4.69, 9.17) is 0 Å². The van der Waals surface area contributed by atoms with Crippen LogP contribution in [0.15, 0.2) is 18.2 Å². The van der Waals surface area contributed by atoms with Crippen LogP contribution < -0.4 is 10.6 Å². The quantitative estimate of drug-likeness (QED) is 0.726. The number of fused-ring (bicyclic) bond motifs is 1. The molecule has 2 N–H and O–H groups in total. The van der Waals surface area contributed by atoms with Crippen LogP contribution in [0, 0.1) is 0 Å². The Kier molecular flexibility index (Phi) is 5.12. The Morgan fingerprint density at radius 3 is 2.79 bits per heavy atom. The molecule has 0 radical (unpaired) electrons. The molecule has 4 rings (SSSR count). The first kappa shape index (κ1) is 19.9. The molecule has 2 unspecified atom stereocenters. The maximum Gasteiger partial charge on any atom is 0.265 e. The van der Waals surface area contributed by atoms with Crippen molar-refractivity contribution < 1.29 is 23.2 Å². The second-order valence-electron chi connectivity index (χ2n) is 8.00. The smallest absolute Gasteiger partial charge is 0.265 e. The number of rotatable bonds is 4. The summed E-state index contributed by atoms with van der Waals surface area (Å²) in [6, 6.07) is 3.76. The van der Waals surface area contributed by atoms with Crippen LogP contribution in [0.1, 0.15) is 40.7 Å². The molecule has 9 heteroatoms. The number of carbonyl (C=O) groups is 3. The number of imide groups is 1. The van der Waals surface area contributed by atoms with Crippen LogP contribution >= 0.6 is 0 Å². The Bertz CT molecular complexity index is 860. The van der Waals surface area contributed by atoms with Crippen molar-refractivity contribution in [1.29, 1.82) is 0 Å². The van der Waals surface area contributed by atoms with E-state index >= 15 is 0 Å². The zero-order chi connectivity index (χ0) is 20.8. The molecule has 3 aliphatic rings. The Labute approximate surface area is 167 Å². The first-order valence-electron chi connectivity index (χ1n) is 9.82. The highest BCUT2D eigenvalue weighted by atomic mass is 19.3. The van der Waals surface area contributed by atoms with Gasteiger partial charge in [0.15, 0.2) is 0 Å². The topological polar surface area (TPSA) is 81.8 Å². The summed E-state index contributed by atoms with van der Waals surface area (Å²) in [6.45, 7) is 0.964. The molecule has 0 aliphatic carbocycles. The lowest BCUT2D eigenvalue weighted by atomic mass is 9.98. The summed E-state index contributed by atoms with van der Waals surface area (Å²) in [4.78, 5) is 39.8. The Morgan fingerprint density at radius 1 is 1.28 bits per heavy atom. The van der Waals surface area contributed by atoms with Gasteiger partial charge in [-0.05, 0) is 24.6 Å². The van der Waals surface area contributed by atoms with Gasteiger partial charge in [0, 0.05) is 44.6 Å². The van der Waals surface area contributed by atoms with E-state index in [0.29, 0.717) is 17.5 Å². The monoisotopic (exact) mass is 406 g/mol. The largest absolute Gasteiger partial charge is 0.322 e. The van der Waals surface area contributed by atoms with E-state index in [1.54, 1.807) is 24.1 Å². The summed E-state index contributed by atoms with van der Waals surface area (Å²) < 4.78 is 28.6. The molecule has 29 heavy (non-hydrogen) atoms. The van der Waals surface area contributed by atoms with E-state index in [1.165, 1.54) is 4.90 Å². The zero-order valence-corrected chi connectivity index (χ0v) is 16.2. The van der Waals surface area contributed by atoms with Gasteiger partial charge in [-0.15, -0.1) is 0 Å². The van der Waals surface area contributed by atoms with Gasteiger partial charge in [-0.25, -0.2) is 8.78 Å². The number of piperidine rings is 2. The number of hydrogen-bond acceptors (Lipinski definition) is 5. The van der Waals surface area contributed by atoms with Crippen LogP contribution in [0.3, 0.4) is 0 Å². The highest BCUT2D eigenvalue weighted by molar-refractivity contribution is 6.05. The average Bonchev–Trinajstić information content (AvgIpc) is 2.99. The fraction of sp³-hybridized carbons (Fsp3) is 0.550. The van der Waals surface area contributed by atoms with Gasteiger partial charge in [-0.1, -0.05) is 18.2 Å². The highest BCUT2D eigenvalue weighted by Gasteiger charge is 2.44. The van der Waals surface area contributed by atoms with Crippen molar-refractivity contribution >= 4 is 17.7 Å². The highest BCUT2D eigenvalue weighted by Crippen LogP contribution is 2.33. The van der Waals surface area contributed by atoms with Gasteiger partial charge in [0.2, 0.25) is 11.8 Å². The molecule has 2 atom stereocenters. The number of amides is 3. The second-order valence-corrected chi connectivity index (χ2v) is 8.00. The zero-order valence-electron chi connectivity index (χ0n) is 16.2. The van der Waals surface area contributed by atoms with E-state index in [0.717, 1.165) is 5.56 Å². The van der Waals surface area contributed by atoms with E-state index < -0.39 is 23.9 Å². The molecule has 0 saturated carbocycles. The van der Waals surface area contributed by atoms with Gasteiger partial charge in [0.25, 0.3) is 11.8 Å². The van der Waals surface area contributed by atoms with Crippen molar-refractivity contribution in [2.75, 3.05) is 20.1 Å². The van der Waals surface area contributed by atoms with E-state index in [1.807, 2.05) is 6.07 Å². The van der Waals surface area contributed by atoms with Crippen LogP contribution in [-0.2, 0) is 22.7 Å². The maximum absolute atomic E-state index is 14.3. The molecule has 2 saturated heterocycles. The van der Waals surface area contributed by atoms with Gasteiger partial charge in [0.05, 0.1) is 6.04 Å². The van der Waals surface area contributed by atoms with Gasteiger partial charge in [-0.3, -0.25) is 24.6 Å². The Morgan fingerprint density at radius 2 is 2.07 bits per heavy atom. The molecule has 0 bridgehead atoms. The third-order valence-corrected chi connectivity index (χ3v) is 6.05. The summed E-state index contributed by atoms with van der Waals surface area (Å²) in [7, 11) is 1.64. The number of halogens is 2. The number of nitrogens with zero attached hydrogens (tertiary/aromatic N) is 2. The van der Waals surface area contributed by atoms with Crippen LogP contribution in [0.25, 0.3) is 0 Å². The summed E-state index contributed by atoms with van der Waals surface area (Å²) in [5.74, 6) is -3.87.